The second kappa shape index (κ2) is 4.52. The average molecular weight is 279 g/mol. The summed E-state index contributed by atoms with van der Waals surface area (Å²) in [5.41, 5.74) is 0.123. The number of primary sulfonamides is 1. The van der Waals surface area contributed by atoms with E-state index in [2.05, 4.69) is 0 Å². The second-order valence-corrected chi connectivity index (χ2v) is 5.48. The highest BCUT2D eigenvalue weighted by atomic mass is 35.5. The number of hydrogen-bond donors (Lipinski definition) is 2. The topological polar surface area (TPSA) is 101 Å². The minimum atomic E-state index is -4.05. The molecule has 0 unspecified atom stereocenters. The largest absolute Gasteiger partial charge is 0.478 e. The summed E-state index contributed by atoms with van der Waals surface area (Å²) in [6.07, 6.45) is 0. The van der Waals surface area contributed by atoms with E-state index in [0.717, 1.165) is 6.07 Å². The first-order chi connectivity index (χ1) is 7.64. The SMILES string of the molecule is CN(C)c1cc(Cl)c(S(N)(=O)=O)cc1C(=O)O. The zero-order chi connectivity index (χ0) is 13.4. The van der Waals surface area contributed by atoms with Crippen LogP contribution in [0.1, 0.15) is 10.4 Å². The molecule has 0 aliphatic heterocycles. The van der Waals surface area contributed by atoms with E-state index in [-0.39, 0.29) is 10.6 Å². The van der Waals surface area contributed by atoms with Crippen LogP contribution in [0, 0.1) is 0 Å². The van der Waals surface area contributed by atoms with Gasteiger partial charge in [0.1, 0.15) is 4.90 Å². The molecular weight excluding hydrogens is 268 g/mol. The van der Waals surface area contributed by atoms with Crippen molar-refractivity contribution in [1.29, 1.82) is 0 Å². The van der Waals surface area contributed by atoms with Crippen molar-refractivity contribution in [2.24, 2.45) is 5.14 Å². The van der Waals surface area contributed by atoms with Crippen molar-refractivity contribution in [2.45, 2.75) is 4.90 Å². The van der Waals surface area contributed by atoms with Gasteiger partial charge in [-0.2, -0.15) is 0 Å². The highest BCUT2D eigenvalue weighted by Crippen LogP contribution is 2.29. The molecule has 0 aliphatic rings. The van der Waals surface area contributed by atoms with Crippen molar-refractivity contribution in [2.75, 3.05) is 19.0 Å². The predicted octanol–water partition coefficient (Wildman–Crippen LogP) is 0.752. The zero-order valence-corrected chi connectivity index (χ0v) is 10.7. The van der Waals surface area contributed by atoms with E-state index in [1.807, 2.05) is 0 Å². The smallest absolute Gasteiger partial charge is 0.337 e. The standard InChI is InChI=1S/C9H11ClN2O4S/c1-12(2)7-4-6(10)8(17(11,15)16)3-5(7)9(13)14/h3-4H,1-2H3,(H,13,14)(H2,11,15,16). The molecule has 3 N–H and O–H groups in total. The summed E-state index contributed by atoms with van der Waals surface area (Å²) >= 11 is 5.76. The number of sulfonamides is 1. The van der Waals surface area contributed by atoms with E-state index in [1.54, 1.807) is 14.1 Å². The molecule has 0 aromatic heterocycles. The summed E-state index contributed by atoms with van der Waals surface area (Å²) in [4.78, 5) is 12.1. The van der Waals surface area contributed by atoms with Crippen molar-refractivity contribution in [3.05, 3.63) is 22.7 Å². The highest BCUT2D eigenvalue weighted by Gasteiger charge is 2.20. The number of carbonyl (C=O) groups is 1. The molecule has 0 saturated heterocycles. The Morgan fingerprint density at radius 3 is 2.29 bits per heavy atom. The molecule has 1 aromatic carbocycles. The Bertz CT molecular complexity index is 569. The summed E-state index contributed by atoms with van der Waals surface area (Å²) < 4.78 is 22.4. The molecule has 0 bridgehead atoms. The van der Waals surface area contributed by atoms with Crippen LogP contribution in [0.2, 0.25) is 5.02 Å². The first kappa shape index (κ1) is 13.8. The molecule has 94 valence electrons. The number of nitrogens with two attached hydrogens (primary N) is 1. The van der Waals surface area contributed by atoms with Crippen molar-refractivity contribution in [1.82, 2.24) is 0 Å². The van der Waals surface area contributed by atoms with Crippen molar-refractivity contribution < 1.29 is 18.3 Å². The molecule has 0 radical (unpaired) electrons. The number of hydrogen-bond acceptors (Lipinski definition) is 4. The predicted molar refractivity (Wildman–Crippen MR) is 64.1 cm³/mol. The molecule has 0 aliphatic carbocycles. The Kier molecular flexibility index (Phi) is 3.65. The summed E-state index contributed by atoms with van der Waals surface area (Å²) in [5, 5.41) is 13.8. The number of aromatic carboxylic acids is 1. The Hall–Kier alpha value is -1.31. The Labute approximate surface area is 104 Å². The highest BCUT2D eigenvalue weighted by molar-refractivity contribution is 7.89. The maximum absolute atomic E-state index is 11.2. The van der Waals surface area contributed by atoms with Crippen LogP contribution in [-0.2, 0) is 10.0 Å². The lowest BCUT2D eigenvalue weighted by molar-refractivity contribution is 0.0697. The van der Waals surface area contributed by atoms with Gasteiger partial charge in [0.05, 0.1) is 16.3 Å². The summed E-state index contributed by atoms with van der Waals surface area (Å²) in [6.45, 7) is 0. The average Bonchev–Trinajstić information content (AvgIpc) is 2.14. The minimum Gasteiger partial charge on any atom is -0.478 e. The fourth-order valence-electron chi connectivity index (χ4n) is 1.30. The van der Waals surface area contributed by atoms with Crippen LogP contribution in [0.5, 0.6) is 0 Å². The molecule has 1 aromatic rings. The van der Waals surface area contributed by atoms with Gasteiger partial charge in [0, 0.05) is 14.1 Å². The molecule has 0 fully saturated rings. The Morgan fingerprint density at radius 1 is 1.41 bits per heavy atom. The minimum absolute atomic E-state index is 0.110. The van der Waals surface area contributed by atoms with Crippen LogP contribution in [0.3, 0.4) is 0 Å². The number of rotatable bonds is 3. The van der Waals surface area contributed by atoms with E-state index >= 15 is 0 Å². The van der Waals surface area contributed by atoms with Gasteiger partial charge in [0.2, 0.25) is 10.0 Å². The number of carboxylic acid groups (broad SMARTS) is 1. The number of carboxylic acids is 1. The first-order valence-corrected chi connectivity index (χ1v) is 6.34. The van der Waals surface area contributed by atoms with Crippen LogP contribution in [-0.4, -0.2) is 33.6 Å². The van der Waals surface area contributed by atoms with Crippen LogP contribution in [0.4, 0.5) is 5.69 Å². The molecule has 1 rings (SSSR count). The summed E-state index contributed by atoms with van der Waals surface area (Å²) in [5.74, 6) is -1.25. The molecule has 0 heterocycles. The number of nitrogens with zero attached hydrogens (tertiary/aromatic N) is 1. The van der Waals surface area contributed by atoms with E-state index in [1.165, 1.54) is 11.0 Å². The summed E-state index contributed by atoms with van der Waals surface area (Å²) in [7, 11) is -0.806. The Balaban J connectivity index is 3.63. The number of anilines is 1. The lowest BCUT2D eigenvalue weighted by Crippen LogP contribution is -2.17. The van der Waals surface area contributed by atoms with E-state index in [4.69, 9.17) is 21.8 Å². The van der Waals surface area contributed by atoms with Gasteiger partial charge in [0.15, 0.2) is 0 Å². The van der Waals surface area contributed by atoms with Gasteiger partial charge >= 0.3 is 5.97 Å². The van der Waals surface area contributed by atoms with Crippen molar-refractivity contribution >= 4 is 33.3 Å². The quantitative estimate of drug-likeness (QED) is 0.850. The summed E-state index contributed by atoms with van der Waals surface area (Å²) in [6, 6.07) is 2.21. The van der Waals surface area contributed by atoms with Crippen molar-refractivity contribution in [3.63, 3.8) is 0 Å². The number of benzene rings is 1. The van der Waals surface area contributed by atoms with Gasteiger partial charge in [-0.25, -0.2) is 18.4 Å². The third kappa shape index (κ3) is 2.87. The third-order valence-electron chi connectivity index (χ3n) is 2.07. The van der Waals surface area contributed by atoms with Crippen LogP contribution in [0.15, 0.2) is 17.0 Å². The van der Waals surface area contributed by atoms with E-state index in [0.29, 0.717) is 5.69 Å². The van der Waals surface area contributed by atoms with Gasteiger partial charge < -0.3 is 10.0 Å². The maximum Gasteiger partial charge on any atom is 0.337 e. The molecule has 0 spiro atoms. The molecule has 0 atom stereocenters. The zero-order valence-electron chi connectivity index (χ0n) is 9.14. The molecule has 6 nitrogen and oxygen atoms in total. The van der Waals surface area contributed by atoms with E-state index < -0.39 is 20.9 Å². The first-order valence-electron chi connectivity index (χ1n) is 4.41. The van der Waals surface area contributed by atoms with Crippen LogP contribution in [0.25, 0.3) is 0 Å². The Morgan fingerprint density at radius 2 is 1.94 bits per heavy atom. The lowest BCUT2D eigenvalue weighted by atomic mass is 10.1. The normalized spacial score (nSPS) is 11.3. The van der Waals surface area contributed by atoms with Gasteiger partial charge in [-0.1, -0.05) is 11.6 Å². The monoisotopic (exact) mass is 278 g/mol. The maximum atomic E-state index is 11.2. The van der Waals surface area contributed by atoms with Gasteiger partial charge in [-0.05, 0) is 12.1 Å². The molecular formula is C9H11ClN2O4S. The molecule has 0 saturated carbocycles. The fourth-order valence-corrected chi connectivity index (χ4v) is 2.40. The molecule has 8 heteroatoms. The molecule has 0 amide bonds. The van der Waals surface area contributed by atoms with Crippen LogP contribution < -0.4 is 10.0 Å². The lowest BCUT2D eigenvalue weighted by Gasteiger charge is -2.17. The number of halogens is 1. The molecule has 17 heavy (non-hydrogen) atoms. The van der Waals surface area contributed by atoms with Crippen LogP contribution >= 0.6 is 11.6 Å². The second-order valence-electron chi connectivity index (χ2n) is 3.54. The van der Waals surface area contributed by atoms with E-state index in [9.17, 15) is 13.2 Å². The van der Waals surface area contributed by atoms with Gasteiger partial charge in [0.25, 0.3) is 0 Å². The third-order valence-corrected chi connectivity index (χ3v) is 3.44. The van der Waals surface area contributed by atoms with Crippen molar-refractivity contribution in [3.8, 4) is 0 Å². The fraction of sp³-hybridized carbons (Fsp3) is 0.222. The van der Waals surface area contributed by atoms with Gasteiger partial charge in [-0.3, -0.25) is 0 Å². The van der Waals surface area contributed by atoms with Gasteiger partial charge in [-0.15, -0.1) is 0 Å².